The molecule has 2 aromatic heterocycles. The second kappa shape index (κ2) is 11.7. The Hall–Kier alpha value is -3.43. The third-order valence-electron chi connectivity index (χ3n) is 5.82. The minimum absolute atomic E-state index is 0.0803. The van der Waals surface area contributed by atoms with Crippen molar-refractivity contribution in [3.63, 3.8) is 0 Å². The number of ether oxygens (including phenoxy) is 1. The number of hydrogen-bond acceptors (Lipinski definition) is 9. The van der Waals surface area contributed by atoms with Crippen LogP contribution in [0.2, 0.25) is 0 Å². The topological polar surface area (TPSA) is 132 Å². The standard InChI is InChI=1S/C26H33F6N5O5/c1-22(2,3)41-21(38)33-16-13-14(25(27,28)29)17-15(37-42-23(4,5)6)11-9-7-8-10-12-24(39,26(30,31)32)20-36-35-19(40-20)18(16)34-17/h13,39H,7-12H2,1-6H3,(H,33,38)/b37-15+. The van der Waals surface area contributed by atoms with Crippen LogP contribution in [0.25, 0.3) is 11.6 Å². The highest BCUT2D eigenvalue weighted by Gasteiger charge is 2.58. The van der Waals surface area contributed by atoms with Gasteiger partial charge in [0.05, 0.1) is 11.3 Å². The fourth-order valence-corrected chi connectivity index (χ4v) is 3.90. The number of nitrogens with zero attached hydrogens (tertiary/aromatic N) is 4. The lowest BCUT2D eigenvalue weighted by molar-refractivity contribution is -0.277. The molecule has 1 aliphatic rings. The highest BCUT2D eigenvalue weighted by Crippen LogP contribution is 2.44. The molecule has 0 radical (unpaired) electrons. The largest absolute Gasteiger partial charge is 0.444 e. The van der Waals surface area contributed by atoms with Gasteiger partial charge in [-0.3, -0.25) is 5.32 Å². The number of pyridine rings is 1. The summed E-state index contributed by atoms with van der Waals surface area (Å²) < 4.78 is 95.5. The Morgan fingerprint density at radius 2 is 1.62 bits per heavy atom. The summed E-state index contributed by atoms with van der Waals surface area (Å²) in [6, 6.07) is 0.528. The van der Waals surface area contributed by atoms with Gasteiger partial charge in [0.15, 0.2) is 5.69 Å². The zero-order valence-corrected chi connectivity index (χ0v) is 24.0. The number of aliphatic hydroxyl groups is 1. The first kappa shape index (κ1) is 33.1. The maximum absolute atomic E-state index is 14.4. The van der Waals surface area contributed by atoms with E-state index in [9.17, 15) is 36.2 Å². The number of anilines is 1. The Labute approximate surface area is 237 Å². The number of nitrogens with one attached hydrogen (secondary N) is 1. The zero-order chi connectivity index (χ0) is 31.7. The van der Waals surface area contributed by atoms with Crippen LogP contribution >= 0.6 is 0 Å². The maximum atomic E-state index is 14.4. The first-order valence-electron chi connectivity index (χ1n) is 13.1. The lowest BCUT2D eigenvalue weighted by Crippen LogP contribution is -2.42. The number of hydrogen-bond donors (Lipinski definition) is 2. The van der Waals surface area contributed by atoms with Crippen LogP contribution in [0.1, 0.15) is 97.2 Å². The molecule has 3 rings (SSSR count). The van der Waals surface area contributed by atoms with Crippen molar-refractivity contribution in [2.45, 2.75) is 109 Å². The number of amides is 1. The van der Waals surface area contributed by atoms with E-state index in [-0.39, 0.29) is 31.4 Å². The summed E-state index contributed by atoms with van der Waals surface area (Å²) in [4.78, 5) is 22.0. The van der Waals surface area contributed by atoms with Crippen molar-refractivity contribution in [1.29, 1.82) is 0 Å². The molecule has 0 saturated heterocycles. The predicted molar refractivity (Wildman–Crippen MR) is 137 cm³/mol. The molecule has 0 saturated carbocycles. The van der Waals surface area contributed by atoms with Crippen LogP contribution < -0.4 is 5.32 Å². The van der Waals surface area contributed by atoms with Gasteiger partial charge in [-0.25, -0.2) is 9.78 Å². The fourth-order valence-electron chi connectivity index (χ4n) is 3.90. The SMILES string of the molecule is CC(C)(C)O/N=C1\CCCCCCC(O)(C(F)(F)F)c2nnc(o2)-c2nc1c(C(F)(F)F)cc2NC(=O)OC(C)(C)C. The average molecular weight is 610 g/mol. The van der Waals surface area contributed by atoms with Crippen LogP contribution in [-0.2, 0) is 21.4 Å². The smallest absolute Gasteiger partial charge is 0.426 e. The molecule has 1 atom stereocenters. The van der Waals surface area contributed by atoms with Gasteiger partial charge in [-0.15, -0.1) is 10.2 Å². The number of fused-ring (bicyclic) bond motifs is 5. The van der Waals surface area contributed by atoms with E-state index >= 15 is 0 Å². The lowest BCUT2D eigenvalue weighted by atomic mass is 9.94. The summed E-state index contributed by atoms with van der Waals surface area (Å²) in [7, 11) is 0. The van der Waals surface area contributed by atoms with E-state index in [1.165, 1.54) is 20.8 Å². The first-order chi connectivity index (χ1) is 19.1. The van der Waals surface area contributed by atoms with Gasteiger partial charge in [0.2, 0.25) is 5.60 Å². The van der Waals surface area contributed by atoms with Gasteiger partial charge >= 0.3 is 18.4 Å². The van der Waals surface area contributed by atoms with Crippen LogP contribution in [-0.4, -0.2) is 49.5 Å². The highest BCUT2D eigenvalue weighted by molar-refractivity contribution is 6.01. The second-order valence-electron chi connectivity index (χ2n) is 11.8. The minimum Gasteiger partial charge on any atom is -0.444 e. The predicted octanol–water partition coefficient (Wildman–Crippen LogP) is 7.12. The molecule has 0 fully saturated rings. The molecule has 16 heteroatoms. The molecule has 10 nitrogen and oxygen atoms in total. The Bertz CT molecular complexity index is 1310. The normalized spacial score (nSPS) is 20.2. The highest BCUT2D eigenvalue weighted by atomic mass is 19.4. The monoisotopic (exact) mass is 609 g/mol. The number of carbonyl (C=O) groups excluding carboxylic acids is 1. The number of oxime groups is 1. The Kier molecular flexibility index (Phi) is 9.20. The van der Waals surface area contributed by atoms with Gasteiger partial charge in [-0.05, 0) is 73.3 Å². The summed E-state index contributed by atoms with van der Waals surface area (Å²) in [5.74, 6) is -2.01. The first-order valence-corrected chi connectivity index (χ1v) is 13.1. The van der Waals surface area contributed by atoms with Crippen molar-refractivity contribution in [2.75, 3.05) is 5.32 Å². The van der Waals surface area contributed by atoms with Crippen molar-refractivity contribution < 1.29 is 50.2 Å². The molecule has 1 aliphatic heterocycles. The van der Waals surface area contributed by atoms with Gasteiger partial charge in [0.1, 0.15) is 22.6 Å². The van der Waals surface area contributed by atoms with Crippen LogP contribution in [0.5, 0.6) is 0 Å². The van der Waals surface area contributed by atoms with Crippen molar-refractivity contribution in [3.8, 4) is 11.6 Å². The molecule has 234 valence electrons. The molecular weight excluding hydrogens is 576 g/mol. The molecule has 1 unspecified atom stereocenters. The van der Waals surface area contributed by atoms with Crippen LogP contribution in [0, 0.1) is 0 Å². The van der Waals surface area contributed by atoms with Gasteiger partial charge in [-0.2, -0.15) is 26.3 Å². The summed E-state index contributed by atoms with van der Waals surface area (Å²) in [6.45, 7) is 9.46. The lowest BCUT2D eigenvalue weighted by Gasteiger charge is -2.27. The van der Waals surface area contributed by atoms with Crippen LogP contribution in [0.4, 0.5) is 36.8 Å². The summed E-state index contributed by atoms with van der Waals surface area (Å²) in [5.41, 5.74) is -8.92. The Balaban J connectivity index is 2.34. The molecular formula is C26H33F6N5O5. The molecule has 4 bridgehead atoms. The van der Waals surface area contributed by atoms with Gasteiger partial charge in [0, 0.05) is 0 Å². The molecule has 0 spiro atoms. The zero-order valence-electron chi connectivity index (χ0n) is 24.0. The van der Waals surface area contributed by atoms with Crippen molar-refractivity contribution in [3.05, 3.63) is 23.2 Å². The third kappa shape index (κ3) is 8.10. The van der Waals surface area contributed by atoms with Crippen molar-refractivity contribution >= 4 is 17.5 Å². The number of alkyl halides is 6. The van der Waals surface area contributed by atoms with Crippen molar-refractivity contribution in [2.24, 2.45) is 5.16 Å². The molecule has 42 heavy (non-hydrogen) atoms. The fraction of sp³-hybridized carbons (Fsp3) is 0.654. The van der Waals surface area contributed by atoms with E-state index in [0.717, 1.165) is 0 Å². The quantitative estimate of drug-likeness (QED) is 0.272. The van der Waals surface area contributed by atoms with Crippen LogP contribution in [0.15, 0.2) is 15.6 Å². The summed E-state index contributed by atoms with van der Waals surface area (Å²) in [6.07, 6.45) is -11.7. The van der Waals surface area contributed by atoms with Gasteiger partial charge < -0.3 is 19.1 Å². The van der Waals surface area contributed by atoms with Gasteiger partial charge in [0.25, 0.3) is 11.8 Å². The number of rotatable bonds is 2. The molecule has 1 amide bonds. The average Bonchev–Trinajstić information content (AvgIpc) is 3.29. The number of aromatic nitrogens is 3. The van der Waals surface area contributed by atoms with E-state index < -0.39 is 76.1 Å². The van der Waals surface area contributed by atoms with Crippen molar-refractivity contribution in [1.82, 2.24) is 15.2 Å². The molecule has 2 aromatic rings. The number of halogens is 6. The third-order valence-corrected chi connectivity index (χ3v) is 5.82. The Morgan fingerprint density at radius 3 is 2.19 bits per heavy atom. The van der Waals surface area contributed by atoms with E-state index in [1.807, 2.05) is 0 Å². The second-order valence-corrected chi connectivity index (χ2v) is 11.8. The molecule has 0 aromatic carbocycles. The number of carbonyl (C=O) groups is 1. The summed E-state index contributed by atoms with van der Waals surface area (Å²) >= 11 is 0. The Morgan fingerprint density at radius 1 is 0.976 bits per heavy atom. The van der Waals surface area contributed by atoms with Crippen LogP contribution in [0.3, 0.4) is 0 Å². The van der Waals surface area contributed by atoms with E-state index in [2.05, 4.69) is 25.7 Å². The molecule has 2 N–H and O–H groups in total. The minimum atomic E-state index is -5.21. The van der Waals surface area contributed by atoms with Gasteiger partial charge in [-0.1, -0.05) is 18.0 Å². The maximum Gasteiger partial charge on any atom is 0.426 e. The van der Waals surface area contributed by atoms with E-state index in [0.29, 0.717) is 12.5 Å². The van der Waals surface area contributed by atoms with E-state index in [4.69, 9.17) is 14.0 Å². The molecule has 3 heterocycles. The van der Waals surface area contributed by atoms with E-state index in [1.54, 1.807) is 20.8 Å². The summed E-state index contributed by atoms with van der Waals surface area (Å²) in [5, 5.41) is 23.6. The molecule has 0 aliphatic carbocycles.